The fraction of sp³-hybridized carbons (Fsp3) is 0.0400. The first-order valence-electron chi connectivity index (χ1n) is 10.3. The van der Waals surface area contributed by atoms with E-state index in [9.17, 15) is 4.79 Å². The monoisotopic (exact) mass is 418 g/mol. The first kappa shape index (κ1) is 18.3. The number of amides is 1. The van der Waals surface area contributed by atoms with Crippen molar-refractivity contribution in [2.75, 3.05) is 10.6 Å². The molecule has 5 aromatic rings. The largest absolute Gasteiger partial charge is 0.326 e. The number of aromatic nitrogens is 4. The number of anilines is 3. The van der Waals surface area contributed by atoms with E-state index in [0.717, 1.165) is 39.3 Å². The van der Waals surface area contributed by atoms with Crippen LogP contribution in [-0.4, -0.2) is 25.5 Å². The van der Waals surface area contributed by atoms with Crippen LogP contribution in [0, 0.1) is 0 Å². The molecule has 2 N–H and O–H groups in total. The SMILES string of the molecule is O=C1Cc2cc(Nc3nc4c(-c5ccccc5-c5ccccc5)nccn4n3)ccc2N1. The predicted molar refractivity (Wildman–Crippen MR) is 124 cm³/mol. The van der Waals surface area contributed by atoms with Gasteiger partial charge in [0.05, 0.1) is 6.42 Å². The molecule has 2 aromatic heterocycles. The smallest absolute Gasteiger partial charge is 0.247 e. The van der Waals surface area contributed by atoms with E-state index in [1.165, 1.54) is 0 Å². The molecule has 0 fully saturated rings. The molecule has 0 saturated carbocycles. The maximum absolute atomic E-state index is 11.6. The highest BCUT2D eigenvalue weighted by molar-refractivity contribution is 5.99. The Balaban J connectivity index is 1.40. The van der Waals surface area contributed by atoms with Crippen molar-refractivity contribution >= 4 is 28.9 Å². The van der Waals surface area contributed by atoms with Gasteiger partial charge in [0.25, 0.3) is 0 Å². The first-order valence-corrected chi connectivity index (χ1v) is 10.3. The molecular formula is C25H18N6O. The van der Waals surface area contributed by atoms with Gasteiger partial charge in [0.2, 0.25) is 11.9 Å². The number of carbonyl (C=O) groups excluding carboxylic acids is 1. The van der Waals surface area contributed by atoms with E-state index in [1.807, 2.05) is 48.5 Å². The second-order valence-electron chi connectivity index (χ2n) is 7.61. The highest BCUT2D eigenvalue weighted by atomic mass is 16.1. The summed E-state index contributed by atoms with van der Waals surface area (Å²) in [5.41, 5.74) is 7.26. The molecule has 0 aliphatic carbocycles. The van der Waals surface area contributed by atoms with Crippen LogP contribution in [0.2, 0.25) is 0 Å². The first-order chi connectivity index (χ1) is 15.7. The van der Waals surface area contributed by atoms with Gasteiger partial charge >= 0.3 is 0 Å². The van der Waals surface area contributed by atoms with Crippen LogP contribution in [-0.2, 0) is 11.2 Å². The van der Waals surface area contributed by atoms with Crippen molar-refractivity contribution in [3.63, 3.8) is 0 Å². The van der Waals surface area contributed by atoms with E-state index in [0.29, 0.717) is 18.0 Å². The van der Waals surface area contributed by atoms with Crippen LogP contribution in [0.1, 0.15) is 5.56 Å². The van der Waals surface area contributed by atoms with Crippen molar-refractivity contribution in [1.82, 2.24) is 19.6 Å². The van der Waals surface area contributed by atoms with Crippen molar-refractivity contribution in [2.24, 2.45) is 0 Å². The summed E-state index contributed by atoms with van der Waals surface area (Å²) in [4.78, 5) is 21.0. The van der Waals surface area contributed by atoms with Crippen LogP contribution in [0.15, 0.2) is 85.2 Å². The Morgan fingerprint density at radius 3 is 2.62 bits per heavy atom. The fourth-order valence-corrected chi connectivity index (χ4v) is 4.06. The van der Waals surface area contributed by atoms with Crippen molar-refractivity contribution in [1.29, 1.82) is 0 Å². The van der Waals surface area contributed by atoms with E-state index in [4.69, 9.17) is 4.98 Å². The maximum atomic E-state index is 11.6. The average Bonchev–Trinajstić information content (AvgIpc) is 3.41. The minimum Gasteiger partial charge on any atom is -0.326 e. The standard InChI is InChI=1S/C25H18N6O/c32-22-15-17-14-18(10-11-21(17)28-22)27-25-29-24-23(26-12-13-31(24)30-25)20-9-5-4-8-19(20)16-6-2-1-3-7-16/h1-14H,15H2,(H,27,30)(H,28,32). The lowest BCUT2D eigenvalue weighted by Gasteiger charge is -2.09. The summed E-state index contributed by atoms with van der Waals surface area (Å²) in [6, 6.07) is 24.1. The second kappa shape index (κ2) is 7.31. The van der Waals surface area contributed by atoms with Crippen LogP contribution < -0.4 is 10.6 Å². The molecule has 0 atom stereocenters. The highest BCUT2D eigenvalue weighted by Crippen LogP contribution is 2.33. The number of benzene rings is 3. The Morgan fingerprint density at radius 1 is 0.938 bits per heavy atom. The van der Waals surface area contributed by atoms with Crippen LogP contribution >= 0.6 is 0 Å². The number of carbonyl (C=O) groups is 1. The lowest BCUT2D eigenvalue weighted by molar-refractivity contribution is -0.115. The molecule has 0 spiro atoms. The molecule has 32 heavy (non-hydrogen) atoms. The summed E-state index contributed by atoms with van der Waals surface area (Å²) in [6.45, 7) is 0. The third-order valence-corrected chi connectivity index (χ3v) is 5.51. The second-order valence-corrected chi connectivity index (χ2v) is 7.61. The number of fused-ring (bicyclic) bond motifs is 2. The zero-order valence-electron chi connectivity index (χ0n) is 17.0. The van der Waals surface area contributed by atoms with Crippen molar-refractivity contribution in [2.45, 2.75) is 6.42 Å². The van der Waals surface area contributed by atoms with Gasteiger partial charge in [0.1, 0.15) is 5.69 Å². The van der Waals surface area contributed by atoms with Crippen molar-refractivity contribution < 1.29 is 4.79 Å². The Labute approximate surface area is 183 Å². The van der Waals surface area contributed by atoms with Gasteiger partial charge in [-0.25, -0.2) is 4.52 Å². The fourth-order valence-electron chi connectivity index (χ4n) is 4.06. The molecule has 0 bridgehead atoms. The number of hydrogen-bond donors (Lipinski definition) is 2. The van der Waals surface area contributed by atoms with Gasteiger partial charge in [-0.3, -0.25) is 9.78 Å². The van der Waals surface area contributed by atoms with Gasteiger partial charge in [0, 0.05) is 29.3 Å². The van der Waals surface area contributed by atoms with Gasteiger partial charge in [-0.1, -0.05) is 54.6 Å². The van der Waals surface area contributed by atoms with E-state index in [-0.39, 0.29) is 5.91 Å². The van der Waals surface area contributed by atoms with Gasteiger partial charge in [-0.05, 0) is 34.9 Å². The van der Waals surface area contributed by atoms with Gasteiger partial charge in [0.15, 0.2) is 5.65 Å². The molecule has 0 saturated heterocycles. The molecule has 3 heterocycles. The summed E-state index contributed by atoms with van der Waals surface area (Å²) >= 11 is 0. The summed E-state index contributed by atoms with van der Waals surface area (Å²) in [5.74, 6) is 0.476. The summed E-state index contributed by atoms with van der Waals surface area (Å²) in [6.07, 6.45) is 3.90. The highest BCUT2D eigenvalue weighted by Gasteiger charge is 2.18. The molecule has 7 heteroatoms. The number of hydrogen-bond acceptors (Lipinski definition) is 5. The number of rotatable bonds is 4. The van der Waals surface area contributed by atoms with Crippen LogP contribution in [0.5, 0.6) is 0 Å². The Bertz CT molecular complexity index is 1470. The lowest BCUT2D eigenvalue weighted by atomic mass is 9.98. The normalized spacial score (nSPS) is 12.6. The quantitative estimate of drug-likeness (QED) is 0.442. The van der Waals surface area contributed by atoms with E-state index in [1.54, 1.807) is 16.9 Å². The van der Waals surface area contributed by atoms with Crippen LogP contribution in [0.25, 0.3) is 28.0 Å². The van der Waals surface area contributed by atoms with E-state index < -0.39 is 0 Å². The predicted octanol–water partition coefficient (Wildman–Crippen LogP) is 4.70. The minimum absolute atomic E-state index is 0.0100. The van der Waals surface area contributed by atoms with Gasteiger partial charge < -0.3 is 10.6 Å². The molecule has 7 nitrogen and oxygen atoms in total. The minimum atomic E-state index is 0.0100. The third kappa shape index (κ3) is 3.16. The summed E-state index contributed by atoms with van der Waals surface area (Å²) < 4.78 is 1.73. The molecule has 1 aliphatic heterocycles. The third-order valence-electron chi connectivity index (χ3n) is 5.51. The topological polar surface area (TPSA) is 84.2 Å². The van der Waals surface area contributed by atoms with Crippen LogP contribution in [0.3, 0.4) is 0 Å². The Kier molecular flexibility index (Phi) is 4.18. The molecule has 1 amide bonds. The van der Waals surface area contributed by atoms with Crippen molar-refractivity contribution in [3.05, 3.63) is 90.8 Å². The van der Waals surface area contributed by atoms with Gasteiger partial charge in [-0.2, -0.15) is 4.98 Å². The molecule has 3 aromatic carbocycles. The van der Waals surface area contributed by atoms with Gasteiger partial charge in [-0.15, -0.1) is 5.10 Å². The van der Waals surface area contributed by atoms with E-state index >= 15 is 0 Å². The molecule has 154 valence electrons. The molecular weight excluding hydrogens is 400 g/mol. The zero-order valence-corrected chi connectivity index (χ0v) is 17.0. The Hall–Kier alpha value is -4.52. The van der Waals surface area contributed by atoms with Crippen LogP contribution in [0.4, 0.5) is 17.3 Å². The maximum Gasteiger partial charge on any atom is 0.247 e. The summed E-state index contributed by atoms with van der Waals surface area (Å²) in [7, 11) is 0. The molecule has 1 aliphatic rings. The number of nitrogens with one attached hydrogen (secondary N) is 2. The molecule has 6 rings (SSSR count). The van der Waals surface area contributed by atoms with E-state index in [2.05, 4.69) is 45.0 Å². The molecule has 0 unspecified atom stereocenters. The Morgan fingerprint density at radius 2 is 1.75 bits per heavy atom. The zero-order chi connectivity index (χ0) is 21.5. The lowest BCUT2D eigenvalue weighted by Crippen LogP contribution is -2.03. The number of nitrogens with zero attached hydrogens (tertiary/aromatic N) is 4. The average molecular weight is 418 g/mol. The summed E-state index contributed by atoms with van der Waals surface area (Å²) in [5, 5.41) is 10.7. The molecule has 0 radical (unpaired) electrons. The van der Waals surface area contributed by atoms with Crippen molar-refractivity contribution in [3.8, 4) is 22.4 Å².